The topological polar surface area (TPSA) is 86.6 Å². The summed E-state index contributed by atoms with van der Waals surface area (Å²) >= 11 is 1.39. The van der Waals surface area contributed by atoms with E-state index >= 15 is 0 Å². The molecule has 12 heteroatoms. The fourth-order valence-corrected chi connectivity index (χ4v) is 4.62. The fourth-order valence-electron chi connectivity index (χ4n) is 3.63. The average Bonchev–Trinajstić information content (AvgIpc) is 3.52. The number of benzene rings is 1. The Morgan fingerprint density at radius 3 is 2.56 bits per heavy atom. The highest BCUT2D eigenvalue weighted by molar-refractivity contribution is 7.18. The molecular weight excluding hydrogens is 479 g/mol. The predicted octanol–water partition coefficient (Wildman–Crippen LogP) is 2.30. The zero-order chi connectivity index (χ0) is 20.5. The number of ether oxygens (including phenoxy) is 4. The normalized spacial score (nSPS) is 17.0. The van der Waals surface area contributed by atoms with E-state index in [1.807, 2.05) is 16.7 Å². The molecule has 0 spiro atoms. The Balaban J connectivity index is 0.00000144. The largest absolute Gasteiger partial charge is 0.349 e. The lowest BCUT2D eigenvalue weighted by Crippen LogP contribution is -2.34. The van der Waals surface area contributed by atoms with E-state index in [1.165, 1.54) is 11.3 Å². The van der Waals surface area contributed by atoms with E-state index in [4.69, 9.17) is 18.9 Å². The number of fused-ring (bicyclic) bond motifs is 3. The van der Waals surface area contributed by atoms with Crippen LogP contribution >= 0.6 is 36.2 Å². The Bertz CT molecular complexity index is 1050. The van der Waals surface area contributed by atoms with Crippen molar-refractivity contribution in [3.05, 3.63) is 34.8 Å². The van der Waals surface area contributed by atoms with Crippen molar-refractivity contribution in [2.24, 2.45) is 0 Å². The van der Waals surface area contributed by atoms with Crippen molar-refractivity contribution in [3.63, 3.8) is 0 Å². The van der Waals surface area contributed by atoms with Gasteiger partial charge in [0.1, 0.15) is 4.88 Å². The molecule has 2 aromatic heterocycles. The van der Waals surface area contributed by atoms with Crippen LogP contribution in [0, 0.1) is 0 Å². The number of hydrogen-bond acceptors (Lipinski definition) is 8. The van der Waals surface area contributed by atoms with Gasteiger partial charge in [0.15, 0.2) is 17.5 Å². The third kappa shape index (κ3) is 5.35. The van der Waals surface area contributed by atoms with Crippen LogP contribution in [0.4, 0.5) is 0 Å². The second-order valence-corrected chi connectivity index (χ2v) is 8.35. The summed E-state index contributed by atoms with van der Waals surface area (Å²) in [5, 5.41) is 3.36. The molecule has 2 saturated heterocycles. The SMILES string of the molecule is CN(CC1OCCO1)C(=O)c1cn2c(nc3ccc(CNCC4OCCO4)cc32)s1.Cl.Cl. The molecule has 0 unspecified atom stereocenters. The number of nitrogens with one attached hydrogen (secondary N) is 1. The number of likely N-dealkylation sites (N-methyl/N-ethyl adjacent to an activating group) is 1. The Hall–Kier alpha value is -1.50. The molecule has 1 N–H and O–H groups in total. The van der Waals surface area contributed by atoms with E-state index in [2.05, 4.69) is 22.4 Å². The molecular formula is C20H26Cl2N4O5S. The van der Waals surface area contributed by atoms with Crippen LogP contribution in [-0.2, 0) is 25.5 Å². The van der Waals surface area contributed by atoms with Crippen LogP contribution < -0.4 is 5.32 Å². The van der Waals surface area contributed by atoms with Crippen LogP contribution in [0.1, 0.15) is 15.2 Å². The van der Waals surface area contributed by atoms with Gasteiger partial charge in [0.2, 0.25) is 0 Å². The standard InChI is InChI=1S/C20H24N4O5S.2ClH/c1-23(12-18-28-6-7-29-18)19(25)16-11-24-15-8-13(2-3-14(15)22-20(24)30-16)9-21-10-17-26-4-5-27-17;;/h2-3,8,11,17-18,21H,4-7,9-10,12H2,1H3;2*1H. The van der Waals surface area contributed by atoms with Crippen LogP contribution in [0.25, 0.3) is 16.0 Å². The van der Waals surface area contributed by atoms with Gasteiger partial charge >= 0.3 is 0 Å². The third-order valence-corrected chi connectivity index (χ3v) is 6.14. The summed E-state index contributed by atoms with van der Waals surface area (Å²) in [5.41, 5.74) is 3.03. The molecule has 2 aliphatic rings. The summed E-state index contributed by atoms with van der Waals surface area (Å²) in [5.74, 6) is -0.0628. The molecule has 4 heterocycles. The zero-order valence-corrected chi connectivity index (χ0v) is 20.0. The van der Waals surface area contributed by atoms with E-state index in [0.717, 1.165) is 21.6 Å². The summed E-state index contributed by atoms with van der Waals surface area (Å²) in [6, 6.07) is 6.17. The summed E-state index contributed by atoms with van der Waals surface area (Å²) in [4.78, 5) is 20.6. The van der Waals surface area contributed by atoms with E-state index in [0.29, 0.717) is 50.9 Å². The zero-order valence-electron chi connectivity index (χ0n) is 17.5. The quantitative estimate of drug-likeness (QED) is 0.528. The number of imidazole rings is 1. The van der Waals surface area contributed by atoms with Gasteiger partial charge < -0.3 is 29.2 Å². The van der Waals surface area contributed by atoms with Gasteiger partial charge in [-0.05, 0) is 17.7 Å². The van der Waals surface area contributed by atoms with Crippen molar-refractivity contribution >= 4 is 58.1 Å². The maximum atomic E-state index is 12.8. The van der Waals surface area contributed by atoms with Crippen molar-refractivity contribution < 1.29 is 23.7 Å². The molecule has 3 aromatic rings. The summed E-state index contributed by atoms with van der Waals surface area (Å²) in [6.07, 6.45) is 1.35. The fraction of sp³-hybridized carbons (Fsp3) is 0.500. The number of carbonyl (C=O) groups excluding carboxylic acids is 1. The summed E-state index contributed by atoms with van der Waals surface area (Å²) in [6.45, 7) is 4.21. The van der Waals surface area contributed by atoms with E-state index < -0.39 is 0 Å². The first kappa shape index (κ1) is 25.1. The van der Waals surface area contributed by atoms with Crippen molar-refractivity contribution in [1.82, 2.24) is 19.6 Å². The van der Waals surface area contributed by atoms with Crippen LogP contribution in [0.2, 0.25) is 0 Å². The number of rotatable bonds is 7. The number of aromatic nitrogens is 2. The van der Waals surface area contributed by atoms with Gasteiger partial charge in [-0.25, -0.2) is 4.98 Å². The Labute approximate surface area is 201 Å². The van der Waals surface area contributed by atoms with Crippen molar-refractivity contribution in [2.75, 3.05) is 46.6 Å². The minimum Gasteiger partial charge on any atom is -0.349 e. The van der Waals surface area contributed by atoms with Gasteiger partial charge in [0, 0.05) is 26.3 Å². The van der Waals surface area contributed by atoms with Gasteiger partial charge in [0.05, 0.1) is 44.0 Å². The molecule has 0 bridgehead atoms. The summed E-state index contributed by atoms with van der Waals surface area (Å²) < 4.78 is 23.7. The van der Waals surface area contributed by atoms with Gasteiger partial charge in [-0.15, -0.1) is 24.8 Å². The van der Waals surface area contributed by atoms with Crippen LogP contribution in [0.15, 0.2) is 24.4 Å². The number of halogens is 2. The van der Waals surface area contributed by atoms with E-state index in [1.54, 1.807) is 11.9 Å². The van der Waals surface area contributed by atoms with Gasteiger partial charge in [-0.2, -0.15) is 0 Å². The molecule has 32 heavy (non-hydrogen) atoms. The first-order valence-corrected chi connectivity index (χ1v) is 10.8. The minimum absolute atomic E-state index is 0. The molecule has 9 nitrogen and oxygen atoms in total. The Kier molecular flexibility index (Phi) is 8.70. The molecule has 0 saturated carbocycles. The highest BCUT2D eigenvalue weighted by atomic mass is 35.5. The van der Waals surface area contributed by atoms with E-state index in [9.17, 15) is 4.79 Å². The Morgan fingerprint density at radius 2 is 1.84 bits per heavy atom. The van der Waals surface area contributed by atoms with Gasteiger partial charge in [-0.3, -0.25) is 9.20 Å². The van der Waals surface area contributed by atoms with E-state index in [-0.39, 0.29) is 43.3 Å². The Morgan fingerprint density at radius 1 is 1.16 bits per heavy atom. The maximum Gasteiger partial charge on any atom is 0.265 e. The van der Waals surface area contributed by atoms with Gasteiger partial charge in [-0.1, -0.05) is 17.4 Å². The number of carbonyl (C=O) groups is 1. The van der Waals surface area contributed by atoms with Crippen molar-refractivity contribution in [1.29, 1.82) is 0 Å². The molecule has 2 aliphatic heterocycles. The van der Waals surface area contributed by atoms with Gasteiger partial charge in [0.25, 0.3) is 5.91 Å². The lowest BCUT2D eigenvalue weighted by molar-refractivity contribution is -0.0542. The smallest absolute Gasteiger partial charge is 0.265 e. The summed E-state index contributed by atoms with van der Waals surface area (Å²) in [7, 11) is 1.76. The minimum atomic E-state index is -0.348. The first-order chi connectivity index (χ1) is 14.7. The average molecular weight is 505 g/mol. The van der Waals surface area contributed by atoms with Crippen molar-refractivity contribution in [3.8, 4) is 0 Å². The lowest BCUT2D eigenvalue weighted by Gasteiger charge is -2.19. The molecule has 0 aliphatic carbocycles. The number of nitrogens with zero attached hydrogens (tertiary/aromatic N) is 3. The molecule has 2 fully saturated rings. The molecule has 5 rings (SSSR count). The maximum absolute atomic E-state index is 12.8. The third-order valence-electron chi connectivity index (χ3n) is 5.17. The molecule has 1 amide bonds. The predicted molar refractivity (Wildman–Crippen MR) is 125 cm³/mol. The molecule has 0 atom stereocenters. The van der Waals surface area contributed by atoms with Crippen LogP contribution in [0.3, 0.4) is 0 Å². The lowest BCUT2D eigenvalue weighted by atomic mass is 10.2. The second kappa shape index (κ2) is 11.1. The molecule has 0 radical (unpaired) electrons. The number of hydrogen-bond donors (Lipinski definition) is 1. The van der Waals surface area contributed by atoms with Crippen LogP contribution in [-0.4, -0.2) is 79.3 Å². The number of thiazole rings is 1. The first-order valence-electron chi connectivity index (χ1n) is 10.0. The van der Waals surface area contributed by atoms with Crippen molar-refractivity contribution in [2.45, 2.75) is 19.1 Å². The monoisotopic (exact) mass is 504 g/mol. The highest BCUT2D eigenvalue weighted by Crippen LogP contribution is 2.25. The highest BCUT2D eigenvalue weighted by Gasteiger charge is 2.23. The van der Waals surface area contributed by atoms with Crippen LogP contribution in [0.5, 0.6) is 0 Å². The molecule has 176 valence electrons. The molecule has 1 aromatic carbocycles. The number of amides is 1. The second-order valence-electron chi connectivity index (χ2n) is 7.34.